The van der Waals surface area contributed by atoms with Gasteiger partial charge in [0.05, 0.1) is 23.6 Å². The first-order valence-corrected chi connectivity index (χ1v) is 7.81. The van der Waals surface area contributed by atoms with E-state index in [2.05, 4.69) is 60.2 Å². The van der Waals surface area contributed by atoms with Crippen LogP contribution in [0.2, 0.25) is 0 Å². The summed E-state index contributed by atoms with van der Waals surface area (Å²) in [7, 11) is 0. The van der Waals surface area contributed by atoms with Crippen molar-refractivity contribution in [3.63, 3.8) is 0 Å². The molecule has 5 nitrogen and oxygen atoms in total. The molecule has 116 valence electrons. The minimum Gasteiger partial charge on any atom is -0.377 e. The van der Waals surface area contributed by atoms with E-state index in [-0.39, 0.29) is 0 Å². The Kier molecular flexibility index (Phi) is 5.04. The molecule has 21 heavy (non-hydrogen) atoms. The van der Waals surface area contributed by atoms with E-state index < -0.39 is 0 Å². The van der Waals surface area contributed by atoms with Gasteiger partial charge in [0.1, 0.15) is 0 Å². The summed E-state index contributed by atoms with van der Waals surface area (Å²) < 4.78 is 4.12. The average Bonchev–Trinajstić information content (AvgIpc) is 3.01. The molecule has 0 aromatic carbocycles. The van der Waals surface area contributed by atoms with Gasteiger partial charge in [-0.15, -0.1) is 0 Å². The summed E-state index contributed by atoms with van der Waals surface area (Å²) in [5, 5.41) is 12.5. The van der Waals surface area contributed by atoms with E-state index in [9.17, 15) is 0 Å². The van der Waals surface area contributed by atoms with Crippen LogP contribution < -0.4 is 5.32 Å². The maximum Gasteiger partial charge on any atom is 0.0825 e. The zero-order valence-corrected chi connectivity index (χ0v) is 13.8. The van der Waals surface area contributed by atoms with Crippen LogP contribution in [-0.2, 0) is 13.1 Å². The van der Waals surface area contributed by atoms with Crippen LogP contribution in [0.3, 0.4) is 0 Å². The van der Waals surface area contributed by atoms with Gasteiger partial charge in [-0.25, -0.2) is 0 Å². The van der Waals surface area contributed by atoms with E-state index in [0.29, 0.717) is 12.0 Å². The first-order valence-electron chi connectivity index (χ1n) is 7.81. The molecule has 0 aliphatic rings. The fourth-order valence-corrected chi connectivity index (χ4v) is 2.40. The van der Waals surface area contributed by atoms with E-state index in [1.807, 2.05) is 17.8 Å². The summed E-state index contributed by atoms with van der Waals surface area (Å²) in [6.07, 6.45) is 5.05. The molecule has 0 aliphatic heterocycles. The number of nitrogens with zero attached hydrogens (tertiary/aromatic N) is 4. The fraction of sp³-hybridized carbons (Fsp3) is 0.625. The van der Waals surface area contributed by atoms with Crippen LogP contribution in [0.5, 0.6) is 0 Å². The molecule has 0 amide bonds. The largest absolute Gasteiger partial charge is 0.377 e. The van der Waals surface area contributed by atoms with Crippen molar-refractivity contribution in [2.24, 2.45) is 5.92 Å². The van der Waals surface area contributed by atoms with Crippen LogP contribution in [-0.4, -0.2) is 19.6 Å². The number of nitrogens with one attached hydrogen (secondary N) is 1. The minimum atomic E-state index is 0.432. The van der Waals surface area contributed by atoms with Crippen LogP contribution in [0.25, 0.3) is 0 Å². The lowest BCUT2D eigenvalue weighted by Crippen LogP contribution is -2.12. The van der Waals surface area contributed by atoms with Gasteiger partial charge in [0.25, 0.3) is 0 Å². The zero-order chi connectivity index (χ0) is 15.4. The monoisotopic (exact) mass is 289 g/mol. The second-order valence-electron chi connectivity index (χ2n) is 6.12. The van der Waals surface area contributed by atoms with Crippen molar-refractivity contribution in [3.8, 4) is 0 Å². The molecule has 0 aliphatic carbocycles. The zero-order valence-electron chi connectivity index (χ0n) is 13.8. The lowest BCUT2D eigenvalue weighted by molar-refractivity contribution is 0.462. The molecule has 1 N–H and O–H groups in total. The van der Waals surface area contributed by atoms with Crippen molar-refractivity contribution >= 4 is 5.69 Å². The van der Waals surface area contributed by atoms with E-state index in [1.54, 1.807) is 0 Å². The highest BCUT2D eigenvalue weighted by molar-refractivity contribution is 5.45. The maximum atomic E-state index is 4.56. The van der Waals surface area contributed by atoms with Crippen LogP contribution in [0.4, 0.5) is 5.69 Å². The molecule has 0 fully saturated rings. The third-order valence-electron chi connectivity index (χ3n) is 3.72. The van der Waals surface area contributed by atoms with Crippen LogP contribution >= 0.6 is 0 Å². The molecule has 2 rings (SSSR count). The Morgan fingerprint density at radius 3 is 2.71 bits per heavy atom. The second-order valence-corrected chi connectivity index (χ2v) is 6.12. The van der Waals surface area contributed by atoms with Crippen molar-refractivity contribution in [2.45, 2.75) is 60.2 Å². The Bertz CT molecular complexity index is 567. The molecule has 0 saturated heterocycles. The van der Waals surface area contributed by atoms with Crippen molar-refractivity contribution in [3.05, 3.63) is 29.8 Å². The predicted octanol–water partition coefficient (Wildman–Crippen LogP) is 3.63. The standard InChI is InChI=1S/C16H27N5/c1-6-13(4)21-15(7-8-18-21)9-17-16-11-20(10-12(2)3)19-14(16)5/h7-8,11-13,17H,6,9-10H2,1-5H3/t13-/m0/s1. The molecule has 0 saturated carbocycles. The van der Waals surface area contributed by atoms with Crippen molar-refractivity contribution < 1.29 is 0 Å². The van der Waals surface area contributed by atoms with E-state index in [1.165, 1.54) is 5.69 Å². The Morgan fingerprint density at radius 2 is 2.05 bits per heavy atom. The van der Waals surface area contributed by atoms with Gasteiger partial charge in [-0.3, -0.25) is 9.36 Å². The molecule has 0 radical (unpaired) electrons. The van der Waals surface area contributed by atoms with Crippen LogP contribution in [0, 0.1) is 12.8 Å². The summed E-state index contributed by atoms with van der Waals surface area (Å²) in [6.45, 7) is 12.6. The van der Waals surface area contributed by atoms with Gasteiger partial charge >= 0.3 is 0 Å². The summed E-state index contributed by atoms with van der Waals surface area (Å²) in [5.74, 6) is 0.601. The molecular weight excluding hydrogens is 262 g/mol. The van der Waals surface area contributed by atoms with Gasteiger partial charge in [0, 0.05) is 25.0 Å². The van der Waals surface area contributed by atoms with Crippen LogP contribution in [0.15, 0.2) is 18.5 Å². The lowest BCUT2D eigenvalue weighted by Gasteiger charge is -2.14. The predicted molar refractivity (Wildman–Crippen MR) is 86.4 cm³/mol. The van der Waals surface area contributed by atoms with Crippen molar-refractivity contribution in [1.82, 2.24) is 19.6 Å². The number of anilines is 1. The van der Waals surface area contributed by atoms with E-state index in [0.717, 1.165) is 30.9 Å². The first kappa shape index (κ1) is 15.6. The highest BCUT2D eigenvalue weighted by atomic mass is 15.3. The van der Waals surface area contributed by atoms with Crippen molar-refractivity contribution in [1.29, 1.82) is 0 Å². The number of hydrogen-bond donors (Lipinski definition) is 1. The second kappa shape index (κ2) is 6.78. The van der Waals surface area contributed by atoms with E-state index in [4.69, 9.17) is 0 Å². The smallest absolute Gasteiger partial charge is 0.0825 e. The van der Waals surface area contributed by atoms with Crippen LogP contribution in [0.1, 0.15) is 51.5 Å². The van der Waals surface area contributed by atoms with Crippen molar-refractivity contribution in [2.75, 3.05) is 5.32 Å². The molecule has 5 heteroatoms. The summed E-state index contributed by atoms with van der Waals surface area (Å²) >= 11 is 0. The molecule has 2 aromatic rings. The lowest BCUT2D eigenvalue weighted by atomic mass is 10.2. The number of aryl methyl sites for hydroxylation is 1. The summed E-state index contributed by atoms with van der Waals surface area (Å²) in [6, 6.07) is 2.51. The first-order chi connectivity index (χ1) is 10.0. The Hall–Kier alpha value is -1.78. The molecule has 2 aromatic heterocycles. The SMILES string of the molecule is CC[C@H](C)n1nccc1CNc1cn(CC(C)C)nc1C. The topological polar surface area (TPSA) is 47.7 Å². The fourth-order valence-electron chi connectivity index (χ4n) is 2.40. The third-order valence-corrected chi connectivity index (χ3v) is 3.72. The molecule has 1 atom stereocenters. The van der Waals surface area contributed by atoms with Gasteiger partial charge < -0.3 is 5.32 Å². The summed E-state index contributed by atoms with van der Waals surface area (Å²) in [4.78, 5) is 0. The van der Waals surface area contributed by atoms with E-state index >= 15 is 0 Å². The Balaban J connectivity index is 2.03. The van der Waals surface area contributed by atoms with Gasteiger partial charge in [-0.1, -0.05) is 20.8 Å². The quantitative estimate of drug-likeness (QED) is 0.846. The maximum absolute atomic E-state index is 4.56. The molecule has 0 unspecified atom stereocenters. The minimum absolute atomic E-state index is 0.432. The third kappa shape index (κ3) is 3.86. The molecular formula is C16H27N5. The van der Waals surface area contributed by atoms with Gasteiger partial charge in [-0.2, -0.15) is 10.2 Å². The highest BCUT2D eigenvalue weighted by Gasteiger charge is 2.10. The molecule has 0 spiro atoms. The number of hydrogen-bond acceptors (Lipinski definition) is 3. The Labute approximate surface area is 127 Å². The highest BCUT2D eigenvalue weighted by Crippen LogP contribution is 2.17. The van der Waals surface area contributed by atoms with Gasteiger partial charge in [0.2, 0.25) is 0 Å². The average molecular weight is 289 g/mol. The normalized spacial score (nSPS) is 12.9. The molecule has 2 heterocycles. The van der Waals surface area contributed by atoms with Gasteiger partial charge in [-0.05, 0) is 32.3 Å². The number of rotatable bonds is 7. The number of aromatic nitrogens is 4. The Morgan fingerprint density at radius 1 is 1.29 bits per heavy atom. The van der Waals surface area contributed by atoms with Gasteiger partial charge in [0.15, 0.2) is 0 Å². The summed E-state index contributed by atoms with van der Waals surface area (Å²) in [5.41, 5.74) is 3.36. The molecule has 0 bridgehead atoms.